The molecule has 166 valence electrons. The minimum Gasteiger partial charge on any atom is -0.493 e. The summed E-state index contributed by atoms with van der Waals surface area (Å²) in [6, 6.07) is 4.06. The Bertz CT molecular complexity index is 1050. The summed E-state index contributed by atoms with van der Waals surface area (Å²) in [5, 5.41) is 2.24. The fraction of sp³-hybridized carbons (Fsp3) is 0.381. The normalized spacial score (nSPS) is 22.2. The van der Waals surface area contributed by atoms with Crippen LogP contribution in [0.15, 0.2) is 24.4 Å². The topological polar surface area (TPSA) is 104 Å². The van der Waals surface area contributed by atoms with Crippen molar-refractivity contribution in [3.05, 3.63) is 52.3 Å². The number of anilines is 1. The molecule has 1 aromatic carbocycles. The van der Waals surface area contributed by atoms with Gasteiger partial charge in [-0.15, -0.1) is 0 Å². The van der Waals surface area contributed by atoms with Crippen LogP contribution in [0.4, 0.5) is 14.5 Å². The standard InChI is InChI=1S/C21H22ClF2N3O4/c1-9-14(11-8-12(22)15(23)16(24)17(11)30-4)18(31-21(9,2)3)20(29)27-10-5-6-26-13(7-10)19(25)28/h5-9,14,18H,1-4H3,(H2,25,28)(H,26,27,29)/t9-,14-,18+/m0/s1. The van der Waals surface area contributed by atoms with E-state index in [-0.39, 0.29) is 28.6 Å². The van der Waals surface area contributed by atoms with Gasteiger partial charge >= 0.3 is 0 Å². The molecule has 31 heavy (non-hydrogen) atoms. The van der Waals surface area contributed by atoms with Gasteiger partial charge in [-0.25, -0.2) is 4.39 Å². The monoisotopic (exact) mass is 453 g/mol. The van der Waals surface area contributed by atoms with Gasteiger partial charge in [-0.3, -0.25) is 14.6 Å². The van der Waals surface area contributed by atoms with Crippen LogP contribution in [0.25, 0.3) is 0 Å². The molecule has 2 heterocycles. The van der Waals surface area contributed by atoms with Crippen molar-refractivity contribution < 1.29 is 27.8 Å². The molecule has 0 spiro atoms. The van der Waals surface area contributed by atoms with Gasteiger partial charge in [0.25, 0.3) is 11.8 Å². The zero-order valence-electron chi connectivity index (χ0n) is 17.3. The third-order valence-corrected chi connectivity index (χ3v) is 5.91. The summed E-state index contributed by atoms with van der Waals surface area (Å²) < 4.78 is 39.6. The second-order valence-corrected chi connectivity index (χ2v) is 8.26. The fourth-order valence-electron chi connectivity index (χ4n) is 3.76. The number of primary amides is 1. The Morgan fingerprint density at radius 2 is 1.97 bits per heavy atom. The highest BCUT2D eigenvalue weighted by Crippen LogP contribution is 2.50. The molecule has 3 atom stereocenters. The molecule has 0 bridgehead atoms. The van der Waals surface area contributed by atoms with Crippen molar-refractivity contribution in [2.75, 3.05) is 12.4 Å². The molecule has 10 heteroatoms. The lowest BCUT2D eigenvalue weighted by atomic mass is 9.78. The molecule has 0 saturated carbocycles. The van der Waals surface area contributed by atoms with E-state index in [1.807, 2.05) is 6.92 Å². The first-order chi connectivity index (χ1) is 14.5. The molecule has 0 aliphatic carbocycles. The molecule has 1 fully saturated rings. The molecule has 1 aromatic heterocycles. The Balaban J connectivity index is 2.02. The van der Waals surface area contributed by atoms with Gasteiger partial charge in [-0.2, -0.15) is 4.39 Å². The number of nitrogens with zero attached hydrogens (tertiary/aromatic N) is 1. The van der Waals surface area contributed by atoms with Crippen LogP contribution in [-0.2, 0) is 9.53 Å². The molecule has 0 unspecified atom stereocenters. The fourth-order valence-corrected chi connectivity index (χ4v) is 3.96. The summed E-state index contributed by atoms with van der Waals surface area (Å²) in [4.78, 5) is 28.3. The first-order valence-corrected chi connectivity index (χ1v) is 9.81. The number of aromatic nitrogens is 1. The number of carbonyl (C=O) groups excluding carboxylic acids is 2. The third-order valence-electron chi connectivity index (χ3n) is 5.64. The van der Waals surface area contributed by atoms with Crippen LogP contribution in [0.5, 0.6) is 5.75 Å². The van der Waals surface area contributed by atoms with Crippen LogP contribution >= 0.6 is 11.6 Å². The van der Waals surface area contributed by atoms with Gasteiger partial charge in [0.2, 0.25) is 5.82 Å². The average molecular weight is 454 g/mol. The van der Waals surface area contributed by atoms with E-state index in [1.165, 1.54) is 31.5 Å². The first kappa shape index (κ1) is 22.9. The summed E-state index contributed by atoms with van der Waals surface area (Å²) in [6.07, 6.45) is 0.248. The molecule has 2 amide bonds. The van der Waals surface area contributed by atoms with E-state index >= 15 is 0 Å². The van der Waals surface area contributed by atoms with Crippen molar-refractivity contribution >= 4 is 29.1 Å². The first-order valence-electron chi connectivity index (χ1n) is 9.43. The number of hydrogen-bond acceptors (Lipinski definition) is 5. The van der Waals surface area contributed by atoms with Gasteiger partial charge in [-0.05, 0) is 38.0 Å². The maximum Gasteiger partial charge on any atom is 0.267 e. The summed E-state index contributed by atoms with van der Waals surface area (Å²) in [7, 11) is 1.21. The number of nitrogens with one attached hydrogen (secondary N) is 1. The number of rotatable bonds is 5. The number of amides is 2. The molecule has 7 nitrogen and oxygen atoms in total. The number of halogens is 3. The Morgan fingerprint density at radius 1 is 1.29 bits per heavy atom. The molecule has 1 saturated heterocycles. The number of pyridine rings is 1. The Kier molecular flexibility index (Phi) is 6.20. The van der Waals surface area contributed by atoms with Crippen molar-refractivity contribution in [3.63, 3.8) is 0 Å². The maximum absolute atomic E-state index is 14.5. The summed E-state index contributed by atoms with van der Waals surface area (Å²) in [6.45, 7) is 5.43. The SMILES string of the molecule is COc1c([C@H]2[C@H](C(=O)Nc3ccnc(C(N)=O)c3)OC(C)(C)[C@H]2C)cc(Cl)c(F)c1F. The van der Waals surface area contributed by atoms with Crippen LogP contribution in [-0.4, -0.2) is 35.6 Å². The van der Waals surface area contributed by atoms with E-state index in [9.17, 15) is 18.4 Å². The number of nitrogens with two attached hydrogens (primary N) is 1. The highest BCUT2D eigenvalue weighted by atomic mass is 35.5. The van der Waals surface area contributed by atoms with Crippen molar-refractivity contribution in [1.29, 1.82) is 0 Å². The van der Waals surface area contributed by atoms with Gasteiger partial charge in [0.1, 0.15) is 11.8 Å². The van der Waals surface area contributed by atoms with Gasteiger partial charge in [0, 0.05) is 23.4 Å². The Hall–Kier alpha value is -2.78. The highest BCUT2D eigenvalue weighted by Gasteiger charge is 2.52. The van der Waals surface area contributed by atoms with Crippen molar-refractivity contribution in [1.82, 2.24) is 4.98 Å². The largest absolute Gasteiger partial charge is 0.493 e. The van der Waals surface area contributed by atoms with Crippen molar-refractivity contribution in [2.45, 2.75) is 38.4 Å². The van der Waals surface area contributed by atoms with Crippen LogP contribution in [0.1, 0.15) is 42.7 Å². The van der Waals surface area contributed by atoms with E-state index in [0.717, 1.165) is 0 Å². The third kappa shape index (κ3) is 4.20. The van der Waals surface area contributed by atoms with Crippen molar-refractivity contribution in [2.24, 2.45) is 11.7 Å². The molecule has 2 aromatic rings. The van der Waals surface area contributed by atoms with E-state index in [1.54, 1.807) is 13.8 Å². The van der Waals surface area contributed by atoms with Gasteiger partial charge in [-0.1, -0.05) is 18.5 Å². The van der Waals surface area contributed by atoms with Crippen LogP contribution < -0.4 is 15.8 Å². The highest BCUT2D eigenvalue weighted by molar-refractivity contribution is 6.30. The number of benzene rings is 1. The molecule has 0 radical (unpaired) electrons. The van der Waals surface area contributed by atoms with Gasteiger partial charge < -0.3 is 20.5 Å². The quantitative estimate of drug-likeness (QED) is 0.672. The summed E-state index contributed by atoms with van der Waals surface area (Å²) >= 11 is 5.89. The predicted molar refractivity (Wildman–Crippen MR) is 110 cm³/mol. The molecular formula is C21H22ClF2N3O4. The zero-order valence-corrected chi connectivity index (χ0v) is 18.1. The number of carbonyl (C=O) groups is 2. The summed E-state index contributed by atoms with van der Waals surface area (Å²) in [5.74, 6) is -5.09. The van der Waals surface area contributed by atoms with E-state index < -0.39 is 46.1 Å². The molecule has 3 N–H and O–H groups in total. The van der Waals surface area contributed by atoms with Crippen LogP contribution in [0, 0.1) is 17.6 Å². The molecule has 3 rings (SSSR count). The minimum atomic E-state index is -1.23. The van der Waals surface area contributed by atoms with Crippen LogP contribution in [0.3, 0.4) is 0 Å². The lowest BCUT2D eigenvalue weighted by Gasteiger charge is -2.26. The van der Waals surface area contributed by atoms with E-state index in [2.05, 4.69) is 10.3 Å². The van der Waals surface area contributed by atoms with Gasteiger partial charge in [0.05, 0.1) is 17.7 Å². The minimum absolute atomic E-state index is 0.0237. The predicted octanol–water partition coefficient (Wildman–Crippen LogP) is 3.66. The number of ether oxygens (including phenoxy) is 2. The number of hydrogen-bond donors (Lipinski definition) is 2. The van der Waals surface area contributed by atoms with Gasteiger partial charge in [0.15, 0.2) is 11.6 Å². The smallest absolute Gasteiger partial charge is 0.267 e. The Labute approximate surface area is 182 Å². The molecule has 1 aliphatic rings. The number of methoxy groups -OCH3 is 1. The summed E-state index contributed by atoms with van der Waals surface area (Å²) in [5.41, 5.74) is 4.93. The average Bonchev–Trinajstić information content (AvgIpc) is 2.95. The lowest BCUT2D eigenvalue weighted by molar-refractivity contribution is -0.131. The van der Waals surface area contributed by atoms with Crippen LogP contribution in [0.2, 0.25) is 5.02 Å². The Morgan fingerprint density at radius 3 is 2.58 bits per heavy atom. The molecule has 1 aliphatic heterocycles. The lowest BCUT2D eigenvalue weighted by Crippen LogP contribution is -2.33. The van der Waals surface area contributed by atoms with E-state index in [0.29, 0.717) is 0 Å². The second-order valence-electron chi connectivity index (χ2n) is 7.85. The van der Waals surface area contributed by atoms with E-state index in [4.69, 9.17) is 26.8 Å². The molecular weight excluding hydrogens is 432 g/mol. The zero-order chi connectivity index (χ0) is 23.1. The second kappa shape index (κ2) is 8.39. The maximum atomic E-state index is 14.5. The van der Waals surface area contributed by atoms with Crippen molar-refractivity contribution in [3.8, 4) is 5.75 Å².